The second-order valence-corrected chi connectivity index (χ2v) is 7.08. The third kappa shape index (κ3) is 4.06. The topological polar surface area (TPSA) is 76.1 Å². The Labute approximate surface area is 166 Å². The highest BCUT2D eigenvalue weighted by molar-refractivity contribution is 5.41. The Kier molecular flexibility index (Phi) is 5.18. The Bertz CT molecular complexity index is 1040. The van der Waals surface area contributed by atoms with E-state index in [9.17, 15) is 13.9 Å². The van der Waals surface area contributed by atoms with Crippen molar-refractivity contribution in [3.63, 3.8) is 0 Å². The lowest BCUT2D eigenvalue weighted by Gasteiger charge is -2.34. The van der Waals surface area contributed by atoms with Crippen LogP contribution in [0.15, 0.2) is 47.2 Å². The van der Waals surface area contributed by atoms with Crippen LogP contribution >= 0.6 is 0 Å². The highest BCUT2D eigenvalue weighted by Crippen LogP contribution is 2.37. The number of nitrogens with zero attached hydrogens (tertiary/aromatic N) is 3. The van der Waals surface area contributed by atoms with Crippen LogP contribution < -0.4 is 5.32 Å². The summed E-state index contributed by atoms with van der Waals surface area (Å²) in [6, 6.07) is 7.71. The predicted molar refractivity (Wildman–Crippen MR) is 101 cm³/mol. The number of aliphatic hydroxyl groups is 1. The number of hydrogen-bond acceptors (Lipinski definition) is 5. The van der Waals surface area contributed by atoms with Gasteiger partial charge in [0.1, 0.15) is 17.6 Å². The summed E-state index contributed by atoms with van der Waals surface area (Å²) in [5.41, 5.74) is 1.25. The first-order valence-electron chi connectivity index (χ1n) is 9.29. The first kappa shape index (κ1) is 19.3. The number of aromatic nitrogens is 3. The molecule has 2 aromatic heterocycles. The van der Waals surface area contributed by atoms with Crippen molar-refractivity contribution in [2.75, 3.05) is 13.1 Å². The normalized spacial score (nSPS) is 15.4. The van der Waals surface area contributed by atoms with E-state index in [2.05, 4.69) is 27.3 Å². The molecule has 3 heterocycles. The van der Waals surface area contributed by atoms with E-state index in [0.717, 1.165) is 0 Å². The van der Waals surface area contributed by atoms with E-state index >= 15 is 0 Å². The molecule has 0 unspecified atom stereocenters. The summed E-state index contributed by atoms with van der Waals surface area (Å²) in [4.78, 5) is 4.11. The fraction of sp³-hybridized carbons (Fsp3) is 0.333. The molecule has 1 aromatic carbocycles. The zero-order valence-corrected chi connectivity index (χ0v) is 15.8. The lowest BCUT2D eigenvalue weighted by atomic mass is 9.89. The number of imidazole rings is 1. The van der Waals surface area contributed by atoms with Gasteiger partial charge < -0.3 is 19.5 Å². The second-order valence-electron chi connectivity index (χ2n) is 7.08. The van der Waals surface area contributed by atoms with Crippen LogP contribution in [0.25, 0.3) is 0 Å². The average Bonchev–Trinajstić information content (AvgIpc) is 3.28. The molecule has 1 saturated heterocycles. The molecule has 8 heteroatoms. The summed E-state index contributed by atoms with van der Waals surface area (Å²) >= 11 is 0. The Morgan fingerprint density at radius 1 is 1.31 bits per heavy atom. The molecule has 4 rings (SSSR count). The van der Waals surface area contributed by atoms with Crippen molar-refractivity contribution in [1.29, 1.82) is 0 Å². The van der Waals surface area contributed by atoms with Crippen molar-refractivity contribution in [2.45, 2.75) is 25.5 Å². The minimum Gasteiger partial charge on any atom is -0.385 e. The average molecular weight is 398 g/mol. The molecule has 0 amide bonds. The van der Waals surface area contributed by atoms with Gasteiger partial charge >= 0.3 is 0 Å². The molecule has 0 spiro atoms. The van der Waals surface area contributed by atoms with Gasteiger partial charge in [0.25, 0.3) is 5.92 Å². The largest absolute Gasteiger partial charge is 0.385 e. The van der Waals surface area contributed by atoms with Gasteiger partial charge in [-0.15, -0.1) is 0 Å². The van der Waals surface area contributed by atoms with Crippen LogP contribution in [0, 0.1) is 17.8 Å². The second kappa shape index (κ2) is 7.78. The minimum atomic E-state index is -2.84. The number of aliphatic hydroxyl groups excluding tert-OH is 1. The maximum Gasteiger partial charge on any atom is 0.278 e. The summed E-state index contributed by atoms with van der Waals surface area (Å²) in [7, 11) is 0. The quantitative estimate of drug-likeness (QED) is 0.647. The molecular weight excluding hydrogens is 378 g/mol. The van der Waals surface area contributed by atoms with Gasteiger partial charge in [0.15, 0.2) is 0 Å². The fourth-order valence-electron chi connectivity index (χ4n) is 3.13. The lowest BCUT2D eigenvalue weighted by molar-refractivity contribution is -0.0834. The van der Waals surface area contributed by atoms with E-state index in [1.165, 1.54) is 12.1 Å². The Morgan fingerprint density at radius 3 is 2.72 bits per heavy atom. The Balaban J connectivity index is 1.44. The van der Waals surface area contributed by atoms with Crippen molar-refractivity contribution in [1.82, 2.24) is 20.0 Å². The van der Waals surface area contributed by atoms with Gasteiger partial charge in [-0.2, -0.15) is 0 Å². The maximum atomic E-state index is 14.3. The van der Waals surface area contributed by atoms with E-state index in [-0.39, 0.29) is 5.56 Å². The minimum absolute atomic E-state index is 0.00532. The van der Waals surface area contributed by atoms with Crippen LogP contribution in [-0.4, -0.2) is 32.9 Å². The molecule has 1 atom stereocenters. The number of benzene rings is 1. The van der Waals surface area contributed by atoms with Crippen LogP contribution in [0.5, 0.6) is 0 Å². The SMILES string of the molecule is C[C@H](O)c1nccn1Cc1cc(C#Cc2ccc(C(F)(F)C3CNC3)cc2)on1. The van der Waals surface area contributed by atoms with Gasteiger partial charge in [-0.3, -0.25) is 0 Å². The summed E-state index contributed by atoms with van der Waals surface area (Å²) in [6.07, 6.45) is 2.67. The molecule has 0 radical (unpaired) electrons. The van der Waals surface area contributed by atoms with E-state index in [4.69, 9.17) is 4.52 Å². The molecule has 0 bridgehead atoms. The highest BCUT2D eigenvalue weighted by atomic mass is 19.3. The highest BCUT2D eigenvalue weighted by Gasteiger charge is 2.44. The Hall–Kier alpha value is -3.02. The van der Waals surface area contributed by atoms with Crippen LogP contribution in [0.1, 0.15) is 41.4 Å². The summed E-state index contributed by atoms with van der Waals surface area (Å²) in [5.74, 6) is 3.16. The van der Waals surface area contributed by atoms with Gasteiger partial charge in [-0.25, -0.2) is 13.8 Å². The maximum absolute atomic E-state index is 14.3. The van der Waals surface area contributed by atoms with Crippen LogP contribution in [-0.2, 0) is 12.5 Å². The zero-order chi connectivity index (χ0) is 20.4. The third-order valence-electron chi connectivity index (χ3n) is 4.91. The van der Waals surface area contributed by atoms with Gasteiger partial charge in [0.05, 0.1) is 12.5 Å². The molecule has 2 N–H and O–H groups in total. The number of halogens is 2. The molecule has 29 heavy (non-hydrogen) atoms. The monoisotopic (exact) mass is 398 g/mol. The molecule has 1 aliphatic rings. The predicted octanol–water partition coefficient (Wildman–Crippen LogP) is 2.68. The fourth-order valence-corrected chi connectivity index (χ4v) is 3.13. The van der Waals surface area contributed by atoms with E-state index in [1.54, 1.807) is 42.1 Å². The van der Waals surface area contributed by atoms with E-state index in [1.807, 2.05) is 0 Å². The Morgan fingerprint density at radius 2 is 2.07 bits per heavy atom. The van der Waals surface area contributed by atoms with Crippen LogP contribution in [0.4, 0.5) is 8.78 Å². The van der Waals surface area contributed by atoms with Crippen molar-refractivity contribution in [2.24, 2.45) is 5.92 Å². The first-order valence-corrected chi connectivity index (χ1v) is 9.29. The molecule has 3 aromatic rings. The molecule has 1 aliphatic heterocycles. The van der Waals surface area contributed by atoms with Crippen LogP contribution in [0.2, 0.25) is 0 Å². The lowest BCUT2D eigenvalue weighted by Crippen LogP contribution is -2.50. The number of hydrogen-bond donors (Lipinski definition) is 2. The zero-order valence-electron chi connectivity index (χ0n) is 15.8. The molecule has 150 valence electrons. The summed E-state index contributed by atoms with van der Waals surface area (Å²) in [5, 5.41) is 16.6. The summed E-state index contributed by atoms with van der Waals surface area (Å²) < 4.78 is 35.6. The summed E-state index contributed by atoms with van der Waals surface area (Å²) in [6.45, 7) is 2.70. The number of alkyl halides is 2. The third-order valence-corrected chi connectivity index (χ3v) is 4.91. The van der Waals surface area contributed by atoms with Crippen LogP contribution in [0.3, 0.4) is 0 Å². The number of nitrogens with one attached hydrogen (secondary N) is 1. The first-order chi connectivity index (χ1) is 13.9. The van der Waals surface area contributed by atoms with Crippen molar-refractivity contribution >= 4 is 0 Å². The standard InChI is InChI=1S/C21H20F2N4O2/c1-14(28)20-25-8-9-27(20)13-18-10-19(29-26-18)7-4-15-2-5-16(6-3-15)21(22,23)17-11-24-12-17/h2-3,5-6,8-10,14,17,24,28H,11-13H2,1H3/t14-/m0/s1. The van der Waals surface area contributed by atoms with E-state index < -0.39 is 17.9 Å². The molecule has 1 fully saturated rings. The molecule has 0 aliphatic carbocycles. The van der Waals surface area contributed by atoms with Gasteiger partial charge in [0.2, 0.25) is 5.76 Å². The van der Waals surface area contributed by atoms with Gasteiger partial charge in [0, 0.05) is 42.7 Å². The van der Waals surface area contributed by atoms with E-state index in [0.29, 0.717) is 42.5 Å². The molecule has 6 nitrogen and oxygen atoms in total. The molecule has 0 saturated carbocycles. The van der Waals surface area contributed by atoms with Gasteiger partial charge in [-0.1, -0.05) is 23.2 Å². The molecular formula is C21H20F2N4O2. The smallest absolute Gasteiger partial charge is 0.278 e. The van der Waals surface area contributed by atoms with Crippen molar-refractivity contribution in [3.05, 3.63) is 71.1 Å². The number of rotatable bonds is 5. The van der Waals surface area contributed by atoms with Crippen molar-refractivity contribution in [3.8, 4) is 11.8 Å². The van der Waals surface area contributed by atoms with Crippen molar-refractivity contribution < 1.29 is 18.4 Å². The van der Waals surface area contributed by atoms with Gasteiger partial charge in [-0.05, 0) is 25.0 Å².